The molecule has 0 saturated heterocycles. The maximum atomic E-state index is 7.18. The summed E-state index contributed by atoms with van der Waals surface area (Å²) in [6, 6.07) is 0. The molecule has 0 amide bonds. The summed E-state index contributed by atoms with van der Waals surface area (Å²) in [6.45, 7) is 0. The molecule has 0 aromatic rings. The van der Waals surface area contributed by atoms with Gasteiger partial charge in [0, 0.05) is 0 Å². The monoisotopic (exact) mass is 177 g/mol. The predicted molar refractivity (Wildman–Crippen MR) is 46.8 cm³/mol. The quantitative estimate of drug-likeness (QED) is 0.0984. The van der Waals surface area contributed by atoms with Gasteiger partial charge < -0.3 is 22.9 Å². The minimum absolute atomic E-state index is 0.333. The lowest BCUT2D eigenvalue weighted by Crippen LogP contribution is -2.20. The highest BCUT2D eigenvalue weighted by molar-refractivity contribution is 7.85. The first-order valence-corrected chi connectivity index (χ1v) is 2.55. The van der Waals surface area contributed by atoms with E-state index in [-0.39, 0.29) is 11.9 Å². The number of thiol groups is 1. The van der Waals surface area contributed by atoms with Crippen LogP contribution in [-0.2, 0) is 0 Å². The van der Waals surface area contributed by atoms with Crippen molar-refractivity contribution < 1.29 is 0 Å². The van der Waals surface area contributed by atoms with Crippen LogP contribution in [0.15, 0.2) is 0 Å². The second kappa shape index (κ2) is 15.8. The normalized spacial score (nSPS) is 5.09. The number of nitrogens with two attached hydrogens (primary N) is 4. The van der Waals surface area contributed by atoms with Crippen LogP contribution in [0.4, 0.5) is 0 Å². The van der Waals surface area contributed by atoms with Crippen LogP contribution >= 0.6 is 12.6 Å². The van der Waals surface area contributed by atoms with Crippen molar-refractivity contribution in [2.45, 2.75) is 0 Å². The number of rotatable bonds is 0. The van der Waals surface area contributed by atoms with Crippen molar-refractivity contribution in [3.8, 4) is 5.40 Å². The summed E-state index contributed by atoms with van der Waals surface area (Å²) in [5.41, 5.74) is 17.9. The van der Waals surface area contributed by atoms with Crippen molar-refractivity contribution in [3.05, 3.63) is 0 Å². The van der Waals surface area contributed by atoms with Gasteiger partial charge in [0.2, 0.25) is 0 Å². The van der Waals surface area contributed by atoms with Gasteiger partial charge in [-0.3, -0.25) is 10.8 Å². The molecule has 0 saturated carbocycles. The molecule has 0 aliphatic heterocycles. The molecule has 0 unspecified atom stereocenters. The average molecular weight is 177 g/mol. The molecular weight excluding hydrogens is 166 g/mol. The zero-order valence-electron chi connectivity index (χ0n) is 5.70. The maximum Gasteiger partial charge on any atom is 0.183 e. The van der Waals surface area contributed by atoms with Gasteiger partial charge in [-0.2, -0.15) is 5.26 Å². The van der Waals surface area contributed by atoms with Gasteiger partial charge in [0.1, 0.15) is 5.40 Å². The topological polar surface area (TPSA) is 176 Å². The van der Waals surface area contributed by atoms with Crippen LogP contribution in [0.5, 0.6) is 0 Å². The van der Waals surface area contributed by atoms with Crippen molar-refractivity contribution in [2.75, 3.05) is 0 Å². The first kappa shape index (κ1) is 16.2. The summed E-state index contributed by atoms with van der Waals surface area (Å²) in [4.78, 5) is 0. The Balaban J connectivity index is -0.0000000886. The lowest BCUT2D eigenvalue weighted by atomic mass is 11.1. The number of guanidine groups is 2. The summed E-state index contributed by atoms with van der Waals surface area (Å²) in [6.07, 6.45) is 0. The van der Waals surface area contributed by atoms with E-state index < -0.39 is 0 Å². The van der Waals surface area contributed by atoms with Gasteiger partial charge >= 0.3 is 0 Å². The van der Waals surface area contributed by atoms with Gasteiger partial charge in [-0.1, -0.05) is 12.6 Å². The molecule has 0 fully saturated rings. The van der Waals surface area contributed by atoms with Crippen molar-refractivity contribution >= 4 is 24.5 Å². The van der Waals surface area contributed by atoms with E-state index >= 15 is 0 Å². The van der Waals surface area contributed by atoms with E-state index in [2.05, 4.69) is 35.6 Å². The first-order chi connectivity index (χ1) is 4.88. The van der Waals surface area contributed by atoms with Crippen LogP contribution in [0.25, 0.3) is 0 Å². The Morgan fingerprint density at radius 3 is 1.09 bits per heavy atom. The number of thiocyanates is 1. The molecule has 0 bridgehead atoms. The standard InChI is InChI=1S/2CH5N3.CHNS/c2*2-1(3)4;2-1-3/h2*(H5,2,3,4);3H. The zero-order valence-corrected chi connectivity index (χ0v) is 6.60. The molecule has 11 heavy (non-hydrogen) atoms. The molecule has 0 aromatic heterocycles. The fraction of sp³-hybridized carbons (Fsp3) is 0. The van der Waals surface area contributed by atoms with Crippen LogP contribution in [0.1, 0.15) is 0 Å². The molecule has 0 heterocycles. The van der Waals surface area contributed by atoms with E-state index in [0.29, 0.717) is 0 Å². The Labute approximate surface area is 69.8 Å². The number of nitrogens with one attached hydrogen (secondary N) is 2. The molecule has 0 aliphatic rings. The number of hydrogen-bond donors (Lipinski definition) is 7. The Hall–Kier alpha value is -1.62. The highest BCUT2D eigenvalue weighted by Gasteiger charge is 1.52. The Bertz CT molecular complexity index is 126. The van der Waals surface area contributed by atoms with E-state index in [1.807, 2.05) is 0 Å². The maximum absolute atomic E-state index is 7.18. The van der Waals surface area contributed by atoms with Gasteiger partial charge in [0.25, 0.3) is 0 Å². The Morgan fingerprint density at radius 2 is 1.09 bits per heavy atom. The highest BCUT2D eigenvalue weighted by Crippen LogP contribution is 1.46. The first-order valence-electron chi connectivity index (χ1n) is 2.10. The van der Waals surface area contributed by atoms with Gasteiger partial charge in [0.15, 0.2) is 11.9 Å². The van der Waals surface area contributed by atoms with Crippen molar-refractivity contribution in [1.29, 1.82) is 16.1 Å². The lowest BCUT2D eigenvalue weighted by molar-refractivity contribution is 1.38. The summed E-state index contributed by atoms with van der Waals surface area (Å²) in [7, 11) is 0. The van der Waals surface area contributed by atoms with Crippen LogP contribution in [0.2, 0.25) is 0 Å². The number of nitriles is 1. The molecule has 10 N–H and O–H groups in total. The van der Waals surface area contributed by atoms with Crippen molar-refractivity contribution in [2.24, 2.45) is 22.9 Å². The van der Waals surface area contributed by atoms with E-state index in [9.17, 15) is 0 Å². The highest BCUT2D eigenvalue weighted by atomic mass is 32.1. The van der Waals surface area contributed by atoms with Gasteiger partial charge in [-0.25, -0.2) is 0 Å². The number of nitrogens with zero attached hydrogens (tertiary/aromatic N) is 1. The minimum atomic E-state index is -0.333. The zero-order chi connectivity index (χ0) is 9.86. The van der Waals surface area contributed by atoms with Crippen molar-refractivity contribution in [3.63, 3.8) is 0 Å². The molecule has 64 valence electrons. The summed E-state index contributed by atoms with van der Waals surface area (Å²) in [5.74, 6) is -0.667. The van der Waals surface area contributed by atoms with E-state index in [1.54, 1.807) is 0 Å². The van der Waals surface area contributed by atoms with Gasteiger partial charge in [-0.05, 0) is 0 Å². The van der Waals surface area contributed by atoms with Crippen molar-refractivity contribution in [1.82, 2.24) is 0 Å². The van der Waals surface area contributed by atoms with E-state index in [0.717, 1.165) is 0 Å². The molecule has 0 radical (unpaired) electrons. The Morgan fingerprint density at radius 1 is 1.09 bits per heavy atom. The molecule has 7 nitrogen and oxygen atoms in total. The molecule has 0 aliphatic carbocycles. The van der Waals surface area contributed by atoms with Crippen LogP contribution < -0.4 is 22.9 Å². The van der Waals surface area contributed by atoms with Crippen LogP contribution in [0.3, 0.4) is 0 Å². The Kier molecular flexibility index (Phi) is 23.2. The fourth-order valence-corrected chi connectivity index (χ4v) is 0. The number of hydrogen-bond acceptors (Lipinski definition) is 4. The summed E-state index contributed by atoms with van der Waals surface area (Å²) < 4.78 is 0. The van der Waals surface area contributed by atoms with Gasteiger partial charge in [0.05, 0.1) is 0 Å². The third-order valence-corrected chi connectivity index (χ3v) is 0. The third-order valence-electron chi connectivity index (χ3n) is 0. The minimum Gasteiger partial charge on any atom is -0.370 e. The molecule has 0 rings (SSSR count). The summed E-state index contributed by atoms with van der Waals surface area (Å²) >= 11 is 3.09. The van der Waals surface area contributed by atoms with Crippen LogP contribution in [-0.4, -0.2) is 11.9 Å². The molecule has 0 spiro atoms. The van der Waals surface area contributed by atoms with E-state index in [4.69, 9.17) is 16.1 Å². The second-order valence-electron chi connectivity index (χ2n) is 1.01. The van der Waals surface area contributed by atoms with Gasteiger partial charge in [-0.15, -0.1) is 0 Å². The SMILES string of the molecule is N#CS.N=C(N)N.N=C(N)N. The predicted octanol–water partition coefficient (Wildman–Crippen LogP) is -1.93. The fourth-order valence-electron chi connectivity index (χ4n) is 0. The molecule has 0 aromatic carbocycles. The lowest BCUT2D eigenvalue weighted by Gasteiger charge is -1.69. The molecule has 8 heteroatoms. The van der Waals surface area contributed by atoms with Crippen LogP contribution in [0, 0.1) is 21.5 Å². The smallest absolute Gasteiger partial charge is 0.183 e. The third kappa shape index (κ3) is 130. The molecular formula is C3H11N7S. The van der Waals surface area contributed by atoms with E-state index in [1.165, 1.54) is 5.40 Å². The average Bonchev–Trinajstić information content (AvgIpc) is 1.60. The summed E-state index contributed by atoms with van der Waals surface area (Å²) in [5, 5.41) is 20.7. The largest absolute Gasteiger partial charge is 0.370 e. The second-order valence-corrected chi connectivity index (χ2v) is 1.21. The molecule has 0 atom stereocenters.